The Balaban J connectivity index is 4.19. The third-order valence-corrected chi connectivity index (χ3v) is 10.5. The summed E-state index contributed by atoms with van der Waals surface area (Å²) in [6.45, 7) is 4.22. The van der Waals surface area contributed by atoms with Crippen molar-refractivity contribution in [2.24, 2.45) is 0 Å². The highest BCUT2D eigenvalue weighted by atomic mass is 16.5. The van der Waals surface area contributed by atoms with Gasteiger partial charge in [0.1, 0.15) is 12.6 Å². The Kier molecular flexibility index (Phi) is 42.4. The highest BCUT2D eigenvalue weighted by Gasteiger charge is 2.14. The Labute approximate surface area is 340 Å². The van der Waals surface area contributed by atoms with Gasteiger partial charge in [0, 0.05) is 12.8 Å². The lowest BCUT2D eigenvalue weighted by Gasteiger charge is -2.18. The SMILES string of the molecule is CCCCCCC/C=C\C/C=C\CCCCCC(CCCCCCCC(=O)NCC(=O)O)OC(=O)CCCCCCCCC/C=C\CCCCCCCCC. The standard InChI is InChI=1S/C49H89NO5/c1-3-5-7-9-11-13-15-17-19-20-21-23-25-27-29-31-36-40-44-49(54)55-46(42-38-34-32-35-39-43-47(51)50-45-48(52)53)41-37-33-30-28-26-24-22-18-16-14-12-10-8-6-4-2/h16,18-20,24,26,46H,3-15,17,21-23,25,27-45H2,1-2H3,(H,50,51)(H,52,53)/b18-16-,20-19-,26-24-. The average Bonchev–Trinajstić information content (AvgIpc) is 3.17. The van der Waals surface area contributed by atoms with Crippen LogP contribution in [0.5, 0.6) is 0 Å². The van der Waals surface area contributed by atoms with Crippen LogP contribution in [0.4, 0.5) is 0 Å². The average molecular weight is 772 g/mol. The van der Waals surface area contributed by atoms with Gasteiger partial charge in [-0.3, -0.25) is 14.4 Å². The fourth-order valence-corrected chi connectivity index (χ4v) is 7.01. The molecule has 0 saturated carbocycles. The van der Waals surface area contributed by atoms with Crippen LogP contribution in [0.25, 0.3) is 0 Å². The summed E-state index contributed by atoms with van der Waals surface area (Å²) in [6.07, 6.45) is 55.6. The summed E-state index contributed by atoms with van der Waals surface area (Å²) in [4.78, 5) is 35.1. The Morgan fingerprint density at radius 1 is 0.473 bits per heavy atom. The van der Waals surface area contributed by atoms with Crippen molar-refractivity contribution in [2.75, 3.05) is 6.54 Å². The van der Waals surface area contributed by atoms with Crippen LogP contribution >= 0.6 is 0 Å². The summed E-state index contributed by atoms with van der Waals surface area (Å²) in [7, 11) is 0. The number of ether oxygens (including phenoxy) is 1. The maximum atomic E-state index is 12.8. The van der Waals surface area contributed by atoms with E-state index in [1.54, 1.807) is 0 Å². The van der Waals surface area contributed by atoms with E-state index in [1.807, 2.05) is 0 Å². The molecule has 0 bridgehead atoms. The number of unbranched alkanes of at least 4 members (excludes halogenated alkanes) is 26. The molecule has 55 heavy (non-hydrogen) atoms. The zero-order chi connectivity index (χ0) is 40.1. The number of carboxylic acids is 1. The maximum Gasteiger partial charge on any atom is 0.322 e. The Morgan fingerprint density at radius 3 is 1.29 bits per heavy atom. The number of nitrogens with one attached hydrogen (secondary N) is 1. The van der Waals surface area contributed by atoms with Gasteiger partial charge in [-0.2, -0.15) is 0 Å². The molecule has 320 valence electrons. The van der Waals surface area contributed by atoms with Gasteiger partial charge >= 0.3 is 11.9 Å². The lowest BCUT2D eigenvalue weighted by molar-refractivity contribution is -0.150. The van der Waals surface area contributed by atoms with Crippen molar-refractivity contribution in [1.29, 1.82) is 0 Å². The predicted octanol–water partition coefficient (Wildman–Crippen LogP) is 14.9. The Hall–Kier alpha value is -2.37. The summed E-state index contributed by atoms with van der Waals surface area (Å²) in [5, 5.41) is 11.1. The number of amides is 1. The van der Waals surface area contributed by atoms with E-state index in [4.69, 9.17) is 9.84 Å². The van der Waals surface area contributed by atoms with E-state index < -0.39 is 5.97 Å². The molecule has 0 rings (SSSR count). The Morgan fingerprint density at radius 2 is 0.836 bits per heavy atom. The van der Waals surface area contributed by atoms with Crippen molar-refractivity contribution in [3.63, 3.8) is 0 Å². The number of esters is 1. The van der Waals surface area contributed by atoms with Crippen molar-refractivity contribution in [2.45, 2.75) is 251 Å². The van der Waals surface area contributed by atoms with Gasteiger partial charge in [-0.15, -0.1) is 0 Å². The number of hydrogen-bond donors (Lipinski definition) is 2. The van der Waals surface area contributed by atoms with Crippen LogP contribution in [0, 0.1) is 0 Å². The summed E-state index contributed by atoms with van der Waals surface area (Å²) in [6, 6.07) is 0. The second-order valence-electron chi connectivity index (χ2n) is 16.0. The van der Waals surface area contributed by atoms with E-state index in [9.17, 15) is 14.4 Å². The summed E-state index contributed by atoms with van der Waals surface area (Å²) in [5.41, 5.74) is 0. The van der Waals surface area contributed by atoms with Gasteiger partial charge in [-0.1, -0.05) is 172 Å². The lowest BCUT2D eigenvalue weighted by atomic mass is 10.0. The van der Waals surface area contributed by atoms with Crippen LogP contribution in [0.3, 0.4) is 0 Å². The first-order chi connectivity index (χ1) is 27.0. The van der Waals surface area contributed by atoms with Gasteiger partial charge < -0.3 is 15.2 Å². The van der Waals surface area contributed by atoms with Crippen LogP contribution in [0.15, 0.2) is 36.5 Å². The van der Waals surface area contributed by atoms with Crippen LogP contribution in [-0.2, 0) is 19.1 Å². The molecule has 0 fully saturated rings. The lowest BCUT2D eigenvalue weighted by Crippen LogP contribution is -2.28. The molecule has 6 heteroatoms. The molecule has 1 atom stereocenters. The number of carboxylic acid groups (broad SMARTS) is 1. The topological polar surface area (TPSA) is 92.7 Å². The third kappa shape index (κ3) is 44.2. The highest BCUT2D eigenvalue weighted by Crippen LogP contribution is 2.18. The monoisotopic (exact) mass is 772 g/mol. The molecular weight excluding hydrogens is 683 g/mol. The zero-order valence-corrected chi connectivity index (χ0v) is 36.3. The molecule has 0 aromatic carbocycles. The van der Waals surface area contributed by atoms with Crippen LogP contribution in [0.2, 0.25) is 0 Å². The summed E-state index contributed by atoms with van der Waals surface area (Å²) >= 11 is 0. The van der Waals surface area contributed by atoms with Crippen LogP contribution in [0.1, 0.15) is 245 Å². The largest absolute Gasteiger partial charge is 0.480 e. The van der Waals surface area contributed by atoms with Crippen molar-refractivity contribution in [1.82, 2.24) is 5.32 Å². The molecule has 0 aliphatic rings. The van der Waals surface area contributed by atoms with E-state index in [1.165, 1.54) is 135 Å². The number of rotatable bonds is 43. The van der Waals surface area contributed by atoms with Gasteiger partial charge in [-0.05, 0) is 96.3 Å². The summed E-state index contributed by atoms with van der Waals surface area (Å²) in [5.74, 6) is -1.24. The minimum absolute atomic E-state index is 0.00143. The van der Waals surface area contributed by atoms with Gasteiger partial charge in [0.2, 0.25) is 5.91 Å². The summed E-state index contributed by atoms with van der Waals surface area (Å²) < 4.78 is 6.04. The fourth-order valence-electron chi connectivity index (χ4n) is 7.01. The van der Waals surface area contributed by atoms with Gasteiger partial charge in [0.05, 0.1) is 0 Å². The number of allylic oxidation sites excluding steroid dienone is 6. The molecule has 1 unspecified atom stereocenters. The van der Waals surface area contributed by atoms with Crippen molar-refractivity contribution >= 4 is 17.8 Å². The van der Waals surface area contributed by atoms with E-state index in [-0.39, 0.29) is 24.5 Å². The molecular formula is C49H89NO5. The van der Waals surface area contributed by atoms with Gasteiger partial charge in [0.15, 0.2) is 0 Å². The van der Waals surface area contributed by atoms with Crippen molar-refractivity contribution in [3.8, 4) is 0 Å². The van der Waals surface area contributed by atoms with E-state index in [2.05, 4.69) is 55.6 Å². The molecule has 0 aromatic heterocycles. The fraction of sp³-hybridized carbons (Fsp3) is 0.816. The van der Waals surface area contributed by atoms with Crippen LogP contribution in [-0.4, -0.2) is 35.6 Å². The van der Waals surface area contributed by atoms with Crippen LogP contribution < -0.4 is 5.32 Å². The third-order valence-electron chi connectivity index (χ3n) is 10.5. The molecule has 0 heterocycles. The van der Waals surface area contributed by atoms with Gasteiger partial charge in [0.25, 0.3) is 0 Å². The van der Waals surface area contributed by atoms with E-state index in [0.717, 1.165) is 83.5 Å². The minimum atomic E-state index is -1.02. The van der Waals surface area contributed by atoms with E-state index >= 15 is 0 Å². The number of carbonyl (C=O) groups is 3. The second-order valence-corrected chi connectivity index (χ2v) is 16.0. The second kappa shape index (κ2) is 44.3. The normalized spacial score (nSPS) is 12.3. The van der Waals surface area contributed by atoms with E-state index in [0.29, 0.717) is 12.8 Å². The molecule has 0 radical (unpaired) electrons. The minimum Gasteiger partial charge on any atom is -0.480 e. The number of hydrogen-bond acceptors (Lipinski definition) is 4. The number of aliphatic carboxylic acids is 1. The quantitative estimate of drug-likeness (QED) is 0.0366. The van der Waals surface area contributed by atoms with Crippen molar-refractivity contribution in [3.05, 3.63) is 36.5 Å². The molecule has 0 aliphatic carbocycles. The first-order valence-corrected chi connectivity index (χ1v) is 23.6. The first kappa shape index (κ1) is 52.6. The number of carbonyl (C=O) groups excluding carboxylic acids is 2. The Bertz CT molecular complexity index is 942. The molecule has 1 amide bonds. The predicted molar refractivity (Wildman–Crippen MR) is 236 cm³/mol. The molecule has 6 nitrogen and oxygen atoms in total. The molecule has 0 saturated heterocycles. The zero-order valence-electron chi connectivity index (χ0n) is 36.3. The molecule has 2 N–H and O–H groups in total. The molecule has 0 spiro atoms. The highest BCUT2D eigenvalue weighted by molar-refractivity contribution is 5.80. The van der Waals surface area contributed by atoms with Gasteiger partial charge in [-0.25, -0.2) is 0 Å². The smallest absolute Gasteiger partial charge is 0.322 e. The molecule has 0 aliphatic heterocycles. The maximum absolute atomic E-state index is 12.8. The van der Waals surface area contributed by atoms with Crippen molar-refractivity contribution < 1.29 is 24.2 Å². The first-order valence-electron chi connectivity index (χ1n) is 23.6. The molecule has 0 aromatic rings.